The Hall–Kier alpha value is -2.34. The summed E-state index contributed by atoms with van der Waals surface area (Å²) in [5.41, 5.74) is 6.34. The van der Waals surface area contributed by atoms with E-state index < -0.39 is 11.9 Å². The number of anilines is 1. The predicted octanol–water partition coefficient (Wildman–Crippen LogP) is 1.30. The number of nitrogens with two attached hydrogens (primary N) is 1. The first-order valence-corrected chi connectivity index (χ1v) is 5.27. The summed E-state index contributed by atoms with van der Waals surface area (Å²) < 4.78 is 0. The second kappa shape index (κ2) is 6.41. The van der Waals surface area contributed by atoms with Crippen molar-refractivity contribution in [3.8, 4) is 0 Å². The molecule has 6 nitrogen and oxygen atoms in total. The normalized spacial score (nSPS) is 12.4. The number of hydrazine groups is 1. The number of aliphatic carboxylic acids is 2. The fraction of sp³-hybridized carbons (Fsp3) is 0.167. The molecule has 0 saturated carbocycles. The van der Waals surface area contributed by atoms with Crippen LogP contribution in [0.3, 0.4) is 0 Å². The fourth-order valence-corrected chi connectivity index (χ4v) is 1.33. The molecule has 0 fully saturated rings. The molecule has 5 N–H and O–H groups in total. The van der Waals surface area contributed by atoms with Crippen LogP contribution < -0.4 is 11.3 Å². The van der Waals surface area contributed by atoms with Crippen LogP contribution in [-0.2, 0) is 9.59 Å². The SMILES string of the molecule is NNc1ccc(C2=CCC2)cc1.O=C(O)C(=O)O. The van der Waals surface area contributed by atoms with E-state index >= 15 is 0 Å². The monoisotopic (exact) mass is 250 g/mol. The minimum Gasteiger partial charge on any atom is -0.473 e. The Morgan fingerprint density at radius 2 is 1.61 bits per heavy atom. The molecule has 1 aromatic carbocycles. The number of nitrogens with one attached hydrogen (secondary N) is 1. The number of nitrogen functional groups attached to an aromatic ring is 1. The van der Waals surface area contributed by atoms with E-state index in [1.54, 1.807) is 0 Å². The first kappa shape index (κ1) is 13.7. The molecule has 0 heterocycles. The third-order valence-corrected chi connectivity index (χ3v) is 2.41. The molecule has 0 spiro atoms. The van der Waals surface area contributed by atoms with Gasteiger partial charge in [-0.2, -0.15) is 0 Å². The predicted molar refractivity (Wildman–Crippen MR) is 66.7 cm³/mol. The third-order valence-electron chi connectivity index (χ3n) is 2.41. The van der Waals surface area contributed by atoms with Crippen LogP contribution in [0.5, 0.6) is 0 Å². The van der Waals surface area contributed by atoms with Crippen molar-refractivity contribution in [3.05, 3.63) is 35.9 Å². The summed E-state index contributed by atoms with van der Waals surface area (Å²) in [7, 11) is 0. The summed E-state index contributed by atoms with van der Waals surface area (Å²) in [6, 6.07) is 8.18. The second-order valence-electron chi connectivity index (χ2n) is 3.60. The van der Waals surface area contributed by atoms with Crippen molar-refractivity contribution in [2.45, 2.75) is 12.8 Å². The van der Waals surface area contributed by atoms with Crippen LogP contribution in [0, 0.1) is 0 Å². The van der Waals surface area contributed by atoms with E-state index in [0.717, 1.165) is 5.69 Å². The van der Waals surface area contributed by atoms with Crippen molar-refractivity contribution in [3.63, 3.8) is 0 Å². The zero-order valence-corrected chi connectivity index (χ0v) is 9.59. The van der Waals surface area contributed by atoms with Crippen LogP contribution in [0.2, 0.25) is 0 Å². The van der Waals surface area contributed by atoms with Gasteiger partial charge < -0.3 is 15.6 Å². The first-order valence-electron chi connectivity index (χ1n) is 5.27. The summed E-state index contributed by atoms with van der Waals surface area (Å²) in [5.74, 6) is 1.61. The summed E-state index contributed by atoms with van der Waals surface area (Å²) in [6.45, 7) is 0. The minimum atomic E-state index is -1.82. The van der Waals surface area contributed by atoms with Crippen LogP contribution in [0.25, 0.3) is 5.57 Å². The number of carboxylic acids is 2. The van der Waals surface area contributed by atoms with Gasteiger partial charge in [0.1, 0.15) is 0 Å². The van der Waals surface area contributed by atoms with E-state index in [1.807, 2.05) is 12.1 Å². The number of carbonyl (C=O) groups is 2. The van der Waals surface area contributed by atoms with Gasteiger partial charge in [-0.1, -0.05) is 18.2 Å². The molecule has 0 unspecified atom stereocenters. The Morgan fingerprint density at radius 3 is 1.89 bits per heavy atom. The molecule has 6 heteroatoms. The number of carboxylic acid groups (broad SMARTS) is 2. The maximum absolute atomic E-state index is 9.10. The van der Waals surface area contributed by atoms with Gasteiger partial charge in [-0.3, -0.25) is 5.84 Å². The number of hydrogen-bond acceptors (Lipinski definition) is 4. The van der Waals surface area contributed by atoms with Crippen LogP contribution in [0.4, 0.5) is 5.69 Å². The second-order valence-corrected chi connectivity index (χ2v) is 3.60. The fourth-order valence-electron chi connectivity index (χ4n) is 1.33. The Morgan fingerprint density at radius 1 is 1.11 bits per heavy atom. The van der Waals surface area contributed by atoms with E-state index in [2.05, 4.69) is 23.6 Å². The molecule has 0 aromatic heterocycles. The molecule has 1 aromatic rings. The molecule has 0 bridgehead atoms. The summed E-state index contributed by atoms with van der Waals surface area (Å²) in [4.78, 5) is 18.2. The molecule has 96 valence electrons. The van der Waals surface area contributed by atoms with Gasteiger partial charge in [0.25, 0.3) is 0 Å². The Balaban J connectivity index is 0.000000232. The molecular weight excluding hydrogens is 236 g/mol. The van der Waals surface area contributed by atoms with Gasteiger partial charge in [-0.15, -0.1) is 0 Å². The highest BCUT2D eigenvalue weighted by molar-refractivity contribution is 6.27. The van der Waals surface area contributed by atoms with Crippen molar-refractivity contribution >= 4 is 23.2 Å². The van der Waals surface area contributed by atoms with Gasteiger partial charge >= 0.3 is 11.9 Å². The number of rotatable bonds is 2. The van der Waals surface area contributed by atoms with E-state index in [1.165, 1.54) is 24.0 Å². The summed E-state index contributed by atoms with van der Waals surface area (Å²) >= 11 is 0. The Bertz CT molecular complexity index is 453. The zero-order chi connectivity index (χ0) is 13.5. The molecular formula is C12H14N2O4. The van der Waals surface area contributed by atoms with E-state index in [9.17, 15) is 0 Å². The number of benzene rings is 1. The third kappa shape index (κ3) is 3.91. The molecule has 0 amide bonds. The number of hydrogen-bond donors (Lipinski definition) is 4. The van der Waals surface area contributed by atoms with E-state index in [0.29, 0.717) is 0 Å². The molecule has 0 aliphatic heterocycles. The highest BCUT2D eigenvalue weighted by Crippen LogP contribution is 2.29. The molecule has 1 aliphatic rings. The molecule has 0 atom stereocenters. The van der Waals surface area contributed by atoms with Crippen molar-refractivity contribution in [1.82, 2.24) is 0 Å². The molecule has 0 saturated heterocycles. The van der Waals surface area contributed by atoms with Crippen LogP contribution in [-0.4, -0.2) is 22.2 Å². The maximum atomic E-state index is 9.10. The van der Waals surface area contributed by atoms with Crippen LogP contribution >= 0.6 is 0 Å². The van der Waals surface area contributed by atoms with Crippen LogP contribution in [0.1, 0.15) is 18.4 Å². The standard InChI is InChI=1S/C10H12N2.C2H2O4/c11-12-10-6-4-9(5-7-10)8-2-1-3-8;3-1(4)2(5)6/h2,4-7,12H,1,3,11H2;(H,3,4)(H,5,6). The average molecular weight is 250 g/mol. The number of allylic oxidation sites excluding steroid dienone is 2. The van der Waals surface area contributed by atoms with Crippen molar-refractivity contribution in [2.75, 3.05) is 5.43 Å². The van der Waals surface area contributed by atoms with Gasteiger partial charge in [0.05, 0.1) is 0 Å². The van der Waals surface area contributed by atoms with Crippen molar-refractivity contribution in [2.24, 2.45) is 5.84 Å². The van der Waals surface area contributed by atoms with Crippen LogP contribution in [0.15, 0.2) is 30.3 Å². The smallest absolute Gasteiger partial charge is 0.414 e. The lowest BCUT2D eigenvalue weighted by Crippen LogP contribution is -2.09. The zero-order valence-electron chi connectivity index (χ0n) is 9.59. The molecule has 18 heavy (non-hydrogen) atoms. The van der Waals surface area contributed by atoms with E-state index in [4.69, 9.17) is 25.6 Å². The van der Waals surface area contributed by atoms with Gasteiger partial charge in [-0.25, -0.2) is 9.59 Å². The summed E-state index contributed by atoms with van der Waals surface area (Å²) in [5, 5.41) is 14.8. The van der Waals surface area contributed by atoms with Gasteiger partial charge in [0.15, 0.2) is 0 Å². The quantitative estimate of drug-likeness (QED) is 0.357. The van der Waals surface area contributed by atoms with Gasteiger partial charge in [0.2, 0.25) is 0 Å². The molecule has 2 rings (SSSR count). The Labute approximate surface area is 104 Å². The topological polar surface area (TPSA) is 113 Å². The highest BCUT2D eigenvalue weighted by atomic mass is 16.4. The largest absolute Gasteiger partial charge is 0.473 e. The van der Waals surface area contributed by atoms with Gasteiger partial charge in [0, 0.05) is 5.69 Å². The maximum Gasteiger partial charge on any atom is 0.414 e. The molecule has 1 aliphatic carbocycles. The summed E-state index contributed by atoms with van der Waals surface area (Å²) in [6.07, 6.45) is 4.71. The van der Waals surface area contributed by atoms with Gasteiger partial charge in [-0.05, 0) is 36.1 Å². The van der Waals surface area contributed by atoms with Crippen molar-refractivity contribution < 1.29 is 19.8 Å². The lowest BCUT2D eigenvalue weighted by atomic mass is 9.92. The lowest BCUT2D eigenvalue weighted by Gasteiger charge is -2.14. The highest BCUT2D eigenvalue weighted by Gasteiger charge is 2.07. The average Bonchev–Trinajstić information content (AvgIpc) is 2.28. The van der Waals surface area contributed by atoms with E-state index in [-0.39, 0.29) is 0 Å². The molecule has 0 radical (unpaired) electrons. The Kier molecular flexibility index (Phi) is 4.89. The van der Waals surface area contributed by atoms with Crippen molar-refractivity contribution in [1.29, 1.82) is 0 Å². The lowest BCUT2D eigenvalue weighted by molar-refractivity contribution is -0.159. The first-order chi connectivity index (χ1) is 8.54. The minimum absolute atomic E-state index is 0.957.